The average molecular weight is 329 g/mol. The molecule has 1 aromatic heterocycles. The Kier molecular flexibility index (Phi) is 9.08. The molecule has 3 rings (SSSR count). The van der Waals surface area contributed by atoms with Crippen LogP contribution in [0.1, 0.15) is 11.4 Å². The first-order chi connectivity index (χ1) is 10.9. The summed E-state index contributed by atoms with van der Waals surface area (Å²) in [7, 11) is 6.46. The van der Waals surface area contributed by atoms with Crippen molar-refractivity contribution in [2.45, 2.75) is 13.8 Å². The smallest absolute Gasteiger partial charge is 0.217 e. The minimum Gasteiger partial charge on any atom is -0.379 e. The van der Waals surface area contributed by atoms with E-state index in [0.717, 1.165) is 26.3 Å². The predicted molar refractivity (Wildman–Crippen MR) is 88.2 cm³/mol. The molecule has 1 aromatic rings. The number of aromatic nitrogens is 2. The second kappa shape index (κ2) is 10.5. The van der Waals surface area contributed by atoms with Gasteiger partial charge in [0.15, 0.2) is 5.69 Å². The fourth-order valence-corrected chi connectivity index (χ4v) is 1.92. The van der Waals surface area contributed by atoms with Crippen LogP contribution in [0.5, 0.6) is 0 Å². The van der Waals surface area contributed by atoms with Gasteiger partial charge in [-0.2, -0.15) is 0 Å². The summed E-state index contributed by atoms with van der Waals surface area (Å²) in [5, 5.41) is 13.7. The highest BCUT2D eigenvalue weighted by molar-refractivity contribution is 4.95. The third kappa shape index (κ3) is 8.26. The van der Waals surface area contributed by atoms with Gasteiger partial charge in [0.25, 0.3) is 0 Å². The molecule has 2 aliphatic heterocycles. The van der Waals surface area contributed by atoms with Crippen molar-refractivity contribution in [1.82, 2.24) is 19.9 Å². The van der Waals surface area contributed by atoms with Crippen LogP contribution in [0.2, 0.25) is 0 Å². The van der Waals surface area contributed by atoms with Crippen LogP contribution < -0.4 is 4.90 Å². The van der Waals surface area contributed by atoms with Crippen LogP contribution in [0, 0.1) is 19.1 Å². The SMILES string of the molecule is CN1CCN(C)CC1.CN1CCOCC1.Cc1no[n+]([O-])c1C. The first-order valence-electron chi connectivity index (χ1n) is 8.06. The third-order valence-electron chi connectivity index (χ3n) is 4.01. The van der Waals surface area contributed by atoms with Crippen LogP contribution >= 0.6 is 0 Å². The van der Waals surface area contributed by atoms with E-state index < -0.39 is 0 Å². The number of hydrogen-bond acceptors (Lipinski definition) is 7. The Morgan fingerprint density at radius 1 is 0.870 bits per heavy atom. The van der Waals surface area contributed by atoms with E-state index in [1.807, 2.05) is 0 Å². The molecule has 2 aliphatic rings. The maximum Gasteiger partial charge on any atom is 0.217 e. The van der Waals surface area contributed by atoms with Gasteiger partial charge in [0.2, 0.25) is 5.69 Å². The molecule has 8 heteroatoms. The summed E-state index contributed by atoms with van der Waals surface area (Å²) in [4.78, 5) is 7.37. The number of aryl methyl sites for hydroxylation is 1. The molecule has 23 heavy (non-hydrogen) atoms. The lowest BCUT2D eigenvalue weighted by Crippen LogP contribution is -2.42. The van der Waals surface area contributed by atoms with E-state index in [4.69, 9.17) is 4.74 Å². The highest BCUT2D eigenvalue weighted by Crippen LogP contribution is 1.93. The van der Waals surface area contributed by atoms with Gasteiger partial charge < -0.3 is 24.6 Å². The number of ether oxygens (including phenoxy) is 1. The molecule has 0 unspecified atom stereocenters. The van der Waals surface area contributed by atoms with Gasteiger partial charge in [-0.15, -0.1) is 0 Å². The monoisotopic (exact) mass is 329 g/mol. The van der Waals surface area contributed by atoms with Gasteiger partial charge in [-0.1, -0.05) is 0 Å². The number of likely N-dealkylation sites (N-methyl/N-ethyl adjacent to an activating group) is 3. The lowest BCUT2D eigenvalue weighted by atomic mass is 10.4. The van der Waals surface area contributed by atoms with Crippen molar-refractivity contribution in [2.75, 3.05) is 73.6 Å². The minimum absolute atomic E-state index is 0.384. The predicted octanol–water partition coefficient (Wildman–Crippen LogP) is -0.263. The topological polar surface area (TPSA) is 71.9 Å². The fourth-order valence-electron chi connectivity index (χ4n) is 1.92. The number of rotatable bonds is 0. The second-order valence-corrected chi connectivity index (χ2v) is 6.12. The highest BCUT2D eigenvalue weighted by atomic mass is 16.8. The van der Waals surface area contributed by atoms with E-state index in [1.165, 1.54) is 26.2 Å². The molecule has 2 saturated heterocycles. The van der Waals surface area contributed by atoms with Crippen LogP contribution in [-0.2, 0) is 4.74 Å². The standard InChI is InChI=1S/C6H14N2.C5H11NO.C4H6N2O2/c1-7-3-5-8(2)6-4-7;1-6-2-4-7-5-3-6;1-3-4(2)6(7)8-5-3/h3-6H2,1-2H3;2-5H2,1H3;1-2H3. The van der Waals surface area contributed by atoms with Gasteiger partial charge in [0.1, 0.15) is 0 Å². The number of morpholine rings is 1. The van der Waals surface area contributed by atoms with Crippen LogP contribution in [0.25, 0.3) is 0 Å². The molecule has 2 fully saturated rings. The molecule has 8 nitrogen and oxygen atoms in total. The first-order valence-corrected chi connectivity index (χ1v) is 8.06. The summed E-state index contributed by atoms with van der Waals surface area (Å²) in [5.74, 6) is 0. The van der Waals surface area contributed by atoms with Crippen molar-refractivity contribution in [3.8, 4) is 0 Å². The molecule has 0 bridgehead atoms. The van der Waals surface area contributed by atoms with Gasteiger partial charge in [-0.3, -0.25) is 4.63 Å². The summed E-state index contributed by atoms with van der Waals surface area (Å²) in [5.41, 5.74) is 1.16. The molecule has 0 spiro atoms. The van der Waals surface area contributed by atoms with Crippen molar-refractivity contribution >= 4 is 0 Å². The maximum absolute atomic E-state index is 10.3. The molecule has 3 heterocycles. The fraction of sp³-hybridized carbons (Fsp3) is 0.867. The van der Waals surface area contributed by atoms with Gasteiger partial charge >= 0.3 is 0 Å². The Labute approximate surface area is 139 Å². The second-order valence-electron chi connectivity index (χ2n) is 6.12. The Balaban J connectivity index is 0.000000173. The molecular formula is C15H31N5O3. The Hall–Kier alpha value is -1.22. The van der Waals surface area contributed by atoms with E-state index in [9.17, 15) is 5.21 Å². The zero-order valence-electron chi connectivity index (χ0n) is 15.1. The van der Waals surface area contributed by atoms with E-state index in [2.05, 4.69) is 45.6 Å². The van der Waals surface area contributed by atoms with Crippen LogP contribution in [0.15, 0.2) is 4.63 Å². The summed E-state index contributed by atoms with van der Waals surface area (Å²) < 4.78 is 9.30. The normalized spacial score (nSPS) is 20.2. The average Bonchev–Trinajstić information content (AvgIpc) is 2.83. The number of nitrogens with zero attached hydrogens (tertiary/aromatic N) is 5. The summed E-state index contributed by atoms with van der Waals surface area (Å²) >= 11 is 0. The summed E-state index contributed by atoms with van der Waals surface area (Å²) in [6, 6.07) is 0. The quantitative estimate of drug-likeness (QED) is 0.607. The maximum atomic E-state index is 10.3. The van der Waals surface area contributed by atoms with E-state index in [-0.39, 0.29) is 0 Å². The van der Waals surface area contributed by atoms with Gasteiger partial charge in [-0.25, -0.2) is 0 Å². The highest BCUT2D eigenvalue weighted by Gasteiger charge is 2.08. The Bertz CT molecular complexity index is 397. The largest absolute Gasteiger partial charge is 0.379 e. The van der Waals surface area contributed by atoms with Crippen molar-refractivity contribution in [3.05, 3.63) is 16.6 Å². The molecular weight excluding hydrogens is 298 g/mol. The Morgan fingerprint density at radius 2 is 1.30 bits per heavy atom. The van der Waals surface area contributed by atoms with Crippen LogP contribution in [0.3, 0.4) is 0 Å². The van der Waals surface area contributed by atoms with Gasteiger partial charge in [0.05, 0.1) is 13.2 Å². The molecule has 0 radical (unpaired) electrons. The Morgan fingerprint density at radius 3 is 1.52 bits per heavy atom. The molecule has 0 saturated carbocycles. The molecule has 0 N–H and O–H groups in total. The lowest BCUT2D eigenvalue weighted by molar-refractivity contribution is -0.806. The zero-order chi connectivity index (χ0) is 17.2. The molecule has 134 valence electrons. The van der Waals surface area contributed by atoms with Crippen molar-refractivity contribution in [2.24, 2.45) is 0 Å². The molecule has 0 atom stereocenters. The lowest BCUT2D eigenvalue weighted by Gasteiger charge is -2.28. The number of hydrogen-bond donors (Lipinski definition) is 0. The van der Waals surface area contributed by atoms with Crippen LogP contribution in [0.4, 0.5) is 0 Å². The number of piperazine rings is 1. The molecule has 0 aliphatic carbocycles. The van der Waals surface area contributed by atoms with Crippen LogP contribution in [-0.4, -0.2) is 93.5 Å². The zero-order valence-corrected chi connectivity index (χ0v) is 15.1. The third-order valence-corrected chi connectivity index (χ3v) is 4.01. The van der Waals surface area contributed by atoms with E-state index in [0.29, 0.717) is 16.3 Å². The minimum atomic E-state index is 0.384. The van der Waals surface area contributed by atoms with Gasteiger partial charge in [-0.05, 0) is 26.0 Å². The first kappa shape index (κ1) is 19.8. The van der Waals surface area contributed by atoms with E-state index >= 15 is 0 Å². The summed E-state index contributed by atoms with van der Waals surface area (Å²) in [6.45, 7) is 12.3. The van der Waals surface area contributed by atoms with Crippen molar-refractivity contribution < 1.29 is 14.3 Å². The van der Waals surface area contributed by atoms with Crippen molar-refractivity contribution in [1.29, 1.82) is 0 Å². The molecule has 0 aromatic carbocycles. The van der Waals surface area contributed by atoms with Crippen molar-refractivity contribution in [3.63, 3.8) is 0 Å². The van der Waals surface area contributed by atoms with E-state index in [1.54, 1.807) is 13.8 Å². The summed E-state index contributed by atoms with van der Waals surface area (Å²) in [6.07, 6.45) is 0. The molecule has 0 amide bonds. The van der Waals surface area contributed by atoms with Gasteiger partial charge in [0, 0.05) is 58.3 Å².